The number of likely N-dealkylation sites (N-methyl/N-ethyl adjacent to an activating group) is 1. The van der Waals surface area contributed by atoms with E-state index in [4.69, 9.17) is 0 Å². The number of nitrogens with one attached hydrogen (secondary N) is 1. The second-order valence-corrected chi connectivity index (χ2v) is 6.16. The number of nitro groups is 1. The van der Waals surface area contributed by atoms with Crippen molar-refractivity contribution in [2.24, 2.45) is 0 Å². The second kappa shape index (κ2) is 6.49. The normalized spacial score (nSPS) is 19.6. The van der Waals surface area contributed by atoms with Gasteiger partial charge >= 0.3 is 0 Å². The minimum Gasteiger partial charge on any atom is -0.348 e. The van der Waals surface area contributed by atoms with Crippen molar-refractivity contribution < 1.29 is 9.72 Å². The molecule has 7 heteroatoms. The third-order valence-corrected chi connectivity index (χ3v) is 4.31. The number of likely N-dealkylation sites (tertiary alicyclic amines) is 1. The number of hydrogen-bond donors (Lipinski definition) is 1. The molecule has 1 amide bonds. The first kappa shape index (κ1) is 15.2. The molecule has 1 saturated heterocycles. The fraction of sp³-hybridized carbons (Fsp3) is 0.462. The Balaban J connectivity index is 2.12. The lowest BCUT2D eigenvalue weighted by molar-refractivity contribution is -0.384. The highest BCUT2D eigenvalue weighted by molar-refractivity contribution is 14.1. The van der Waals surface area contributed by atoms with Gasteiger partial charge in [-0.15, -0.1) is 0 Å². The Kier molecular flexibility index (Phi) is 4.92. The first-order valence-corrected chi connectivity index (χ1v) is 7.48. The largest absolute Gasteiger partial charge is 0.348 e. The van der Waals surface area contributed by atoms with Gasteiger partial charge in [0.25, 0.3) is 11.6 Å². The minimum absolute atomic E-state index is 0.0590. The number of nitro benzene ring substituents is 1. The highest BCUT2D eigenvalue weighted by Gasteiger charge is 2.21. The Labute approximate surface area is 130 Å². The Morgan fingerprint density at radius 1 is 1.55 bits per heavy atom. The van der Waals surface area contributed by atoms with Crippen LogP contribution in [-0.4, -0.2) is 41.9 Å². The summed E-state index contributed by atoms with van der Waals surface area (Å²) in [6.45, 7) is 1.86. The first-order valence-electron chi connectivity index (χ1n) is 6.40. The standard InChI is InChI=1S/C13H16IN3O3/c1-16-6-2-3-9(8-16)15-13(18)11-7-10(17(19)20)4-5-12(11)14/h4-5,7,9H,2-3,6,8H2,1H3,(H,15,18). The van der Waals surface area contributed by atoms with Crippen molar-refractivity contribution in [2.75, 3.05) is 20.1 Å². The lowest BCUT2D eigenvalue weighted by Crippen LogP contribution is -2.46. The first-order chi connectivity index (χ1) is 9.47. The Hall–Kier alpha value is -1.22. The van der Waals surface area contributed by atoms with E-state index in [1.54, 1.807) is 6.07 Å². The summed E-state index contributed by atoms with van der Waals surface area (Å²) in [6, 6.07) is 4.45. The molecular weight excluding hydrogens is 373 g/mol. The number of hydrogen-bond acceptors (Lipinski definition) is 4. The molecule has 1 aromatic rings. The fourth-order valence-corrected chi connectivity index (χ4v) is 2.93. The van der Waals surface area contributed by atoms with Crippen LogP contribution in [0.3, 0.4) is 0 Å². The van der Waals surface area contributed by atoms with Crippen LogP contribution in [0.15, 0.2) is 18.2 Å². The van der Waals surface area contributed by atoms with Gasteiger partial charge in [0.1, 0.15) is 0 Å². The SMILES string of the molecule is CN1CCCC(NC(=O)c2cc([N+](=O)[O-])ccc2I)C1. The van der Waals surface area contributed by atoms with E-state index in [9.17, 15) is 14.9 Å². The quantitative estimate of drug-likeness (QED) is 0.488. The molecule has 0 radical (unpaired) electrons. The molecule has 1 heterocycles. The number of carbonyl (C=O) groups excluding carboxylic acids is 1. The lowest BCUT2D eigenvalue weighted by atomic mass is 10.1. The molecule has 20 heavy (non-hydrogen) atoms. The van der Waals surface area contributed by atoms with Gasteiger partial charge in [-0.3, -0.25) is 14.9 Å². The summed E-state index contributed by atoms with van der Waals surface area (Å²) in [6.07, 6.45) is 2.00. The summed E-state index contributed by atoms with van der Waals surface area (Å²) >= 11 is 2.02. The van der Waals surface area contributed by atoms with Crippen LogP contribution in [-0.2, 0) is 0 Å². The summed E-state index contributed by atoms with van der Waals surface area (Å²) in [5, 5.41) is 13.7. The number of benzene rings is 1. The highest BCUT2D eigenvalue weighted by atomic mass is 127. The molecule has 0 aliphatic carbocycles. The van der Waals surface area contributed by atoms with Crippen molar-refractivity contribution in [2.45, 2.75) is 18.9 Å². The summed E-state index contributed by atoms with van der Waals surface area (Å²) in [4.78, 5) is 24.7. The van der Waals surface area contributed by atoms with Gasteiger partial charge in [0.15, 0.2) is 0 Å². The van der Waals surface area contributed by atoms with Crippen molar-refractivity contribution in [3.63, 3.8) is 0 Å². The van der Waals surface area contributed by atoms with Crippen molar-refractivity contribution in [1.82, 2.24) is 10.2 Å². The van der Waals surface area contributed by atoms with Crippen LogP contribution in [0.25, 0.3) is 0 Å². The number of nitrogens with zero attached hydrogens (tertiary/aromatic N) is 2. The zero-order chi connectivity index (χ0) is 14.7. The Morgan fingerprint density at radius 2 is 2.30 bits per heavy atom. The predicted octanol–water partition coefficient (Wildman–Crippen LogP) is 2.02. The lowest BCUT2D eigenvalue weighted by Gasteiger charge is -2.30. The number of piperidine rings is 1. The van der Waals surface area contributed by atoms with Crippen LogP contribution in [0.1, 0.15) is 23.2 Å². The number of non-ortho nitro benzene ring substituents is 1. The highest BCUT2D eigenvalue weighted by Crippen LogP contribution is 2.20. The topological polar surface area (TPSA) is 75.5 Å². The van der Waals surface area contributed by atoms with Gasteiger partial charge in [-0.25, -0.2) is 0 Å². The molecule has 1 fully saturated rings. The van der Waals surface area contributed by atoms with E-state index < -0.39 is 4.92 Å². The van der Waals surface area contributed by atoms with Crippen molar-refractivity contribution >= 4 is 34.2 Å². The molecule has 108 valence electrons. The van der Waals surface area contributed by atoms with Gasteiger partial charge in [-0.05, 0) is 55.1 Å². The smallest absolute Gasteiger partial charge is 0.270 e. The number of halogens is 1. The summed E-state index contributed by atoms with van der Waals surface area (Å²) < 4.78 is 0.717. The maximum atomic E-state index is 12.3. The molecule has 2 rings (SSSR count). The summed E-state index contributed by atoms with van der Waals surface area (Å²) in [5.41, 5.74) is 0.310. The average molecular weight is 389 g/mol. The van der Waals surface area contributed by atoms with E-state index in [1.807, 2.05) is 29.6 Å². The number of rotatable bonds is 3. The summed E-state index contributed by atoms with van der Waals surface area (Å²) in [7, 11) is 2.02. The minimum atomic E-state index is -0.485. The zero-order valence-electron chi connectivity index (χ0n) is 11.1. The molecule has 0 spiro atoms. The van der Waals surface area contributed by atoms with E-state index >= 15 is 0 Å². The monoisotopic (exact) mass is 389 g/mol. The van der Waals surface area contributed by atoms with Crippen LogP contribution in [0.4, 0.5) is 5.69 Å². The van der Waals surface area contributed by atoms with Gasteiger partial charge in [0, 0.05) is 28.3 Å². The van der Waals surface area contributed by atoms with E-state index in [0.29, 0.717) is 5.56 Å². The molecule has 1 aromatic carbocycles. The second-order valence-electron chi connectivity index (χ2n) is 5.00. The molecule has 0 aromatic heterocycles. The Morgan fingerprint density at radius 3 is 2.95 bits per heavy atom. The van der Waals surface area contributed by atoms with E-state index in [1.165, 1.54) is 12.1 Å². The van der Waals surface area contributed by atoms with Crippen LogP contribution in [0.5, 0.6) is 0 Å². The van der Waals surface area contributed by atoms with Gasteiger partial charge in [0.05, 0.1) is 10.5 Å². The molecule has 1 unspecified atom stereocenters. The summed E-state index contributed by atoms with van der Waals surface area (Å²) in [5.74, 6) is -0.238. The third kappa shape index (κ3) is 3.66. The van der Waals surface area contributed by atoms with Crippen LogP contribution in [0.2, 0.25) is 0 Å². The number of carbonyl (C=O) groups is 1. The molecule has 1 atom stereocenters. The maximum Gasteiger partial charge on any atom is 0.270 e. The van der Waals surface area contributed by atoms with E-state index in [2.05, 4.69) is 10.2 Å². The average Bonchev–Trinajstić information content (AvgIpc) is 2.38. The molecule has 1 aliphatic heterocycles. The van der Waals surface area contributed by atoms with Crippen LogP contribution >= 0.6 is 22.6 Å². The maximum absolute atomic E-state index is 12.3. The van der Waals surface area contributed by atoms with Crippen LogP contribution in [0, 0.1) is 13.7 Å². The van der Waals surface area contributed by atoms with Crippen molar-refractivity contribution in [3.8, 4) is 0 Å². The fourth-order valence-electron chi connectivity index (χ4n) is 2.35. The zero-order valence-corrected chi connectivity index (χ0v) is 13.3. The Bertz CT molecular complexity index is 536. The third-order valence-electron chi connectivity index (χ3n) is 3.37. The van der Waals surface area contributed by atoms with Gasteiger partial charge in [0.2, 0.25) is 0 Å². The van der Waals surface area contributed by atoms with Gasteiger partial charge in [-0.2, -0.15) is 0 Å². The van der Waals surface area contributed by atoms with E-state index in [0.717, 1.165) is 29.5 Å². The van der Waals surface area contributed by atoms with Gasteiger partial charge in [-0.1, -0.05) is 0 Å². The molecular formula is C13H16IN3O3. The molecule has 1 aliphatic rings. The molecule has 0 saturated carbocycles. The number of amides is 1. The predicted molar refractivity (Wildman–Crippen MR) is 83.8 cm³/mol. The molecule has 6 nitrogen and oxygen atoms in total. The molecule has 1 N–H and O–H groups in total. The van der Waals surface area contributed by atoms with Gasteiger partial charge < -0.3 is 10.2 Å². The molecule has 0 bridgehead atoms. The van der Waals surface area contributed by atoms with Crippen molar-refractivity contribution in [1.29, 1.82) is 0 Å². The van der Waals surface area contributed by atoms with Crippen molar-refractivity contribution in [3.05, 3.63) is 37.4 Å². The van der Waals surface area contributed by atoms with Crippen LogP contribution < -0.4 is 5.32 Å². The van der Waals surface area contributed by atoms with E-state index in [-0.39, 0.29) is 17.6 Å².